The Morgan fingerprint density at radius 1 is 0.935 bits per heavy atom. The van der Waals surface area contributed by atoms with Gasteiger partial charge in [-0.25, -0.2) is 13.2 Å². The summed E-state index contributed by atoms with van der Waals surface area (Å²) in [5.74, 6) is -1.37. The van der Waals surface area contributed by atoms with Gasteiger partial charge in [-0.3, -0.25) is 4.79 Å². The Morgan fingerprint density at radius 3 is 1.94 bits per heavy atom. The Morgan fingerprint density at radius 2 is 1.48 bits per heavy atom. The number of esters is 1. The Bertz CT molecular complexity index is 1010. The van der Waals surface area contributed by atoms with Gasteiger partial charge in [-0.1, -0.05) is 60.7 Å². The first-order chi connectivity index (χ1) is 14.8. The van der Waals surface area contributed by atoms with Crippen LogP contribution in [0, 0.1) is 0 Å². The maximum atomic E-state index is 13.1. The normalized spacial score (nSPS) is 20.2. The predicted octanol–water partition coefficient (Wildman–Crippen LogP) is 1.64. The third kappa shape index (κ3) is 4.50. The summed E-state index contributed by atoms with van der Waals surface area (Å²) >= 11 is 0. The van der Waals surface area contributed by atoms with Gasteiger partial charge in [-0.15, -0.1) is 0 Å². The van der Waals surface area contributed by atoms with E-state index in [0.29, 0.717) is 17.5 Å². The van der Waals surface area contributed by atoms with Crippen molar-refractivity contribution in [3.63, 3.8) is 0 Å². The van der Waals surface area contributed by atoms with Gasteiger partial charge >= 0.3 is 5.97 Å². The second-order valence-corrected chi connectivity index (χ2v) is 10.3. The summed E-state index contributed by atoms with van der Waals surface area (Å²) in [6.07, 6.45) is 2.03. The molecular formula is C23H25NO6S. The van der Waals surface area contributed by atoms with Gasteiger partial charge < -0.3 is 14.7 Å². The van der Waals surface area contributed by atoms with Crippen LogP contribution < -0.4 is 0 Å². The van der Waals surface area contributed by atoms with Crippen molar-refractivity contribution in [2.24, 2.45) is 0 Å². The van der Waals surface area contributed by atoms with E-state index < -0.39 is 33.9 Å². The topological polar surface area (TPSA) is 101 Å². The molecule has 2 aromatic carbocycles. The summed E-state index contributed by atoms with van der Waals surface area (Å²) in [6, 6.07) is 16.5. The lowest BCUT2D eigenvalue weighted by molar-refractivity contribution is -0.167. The molecule has 0 spiro atoms. The molecule has 7 nitrogen and oxygen atoms in total. The van der Waals surface area contributed by atoms with Crippen molar-refractivity contribution in [3.05, 3.63) is 71.8 Å². The van der Waals surface area contributed by atoms with Crippen LogP contribution in [0.25, 0.3) is 0 Å². The zero-order valence-electron chi connectivity index (χ0n) is 17.0. The molecule has 0 aromatic heterocycles. The van der Waals surface area contributed by atoms with E-state index in [1.54, 1.807) is 65.6 Å². The summed E-state index contributed by atoms with van der Waals surface area (Å²) in [5.41, 5.74) is -1.40. The molecule has 8 heteroatoms. The minimum absolute atomic E-state index is 0.00775. The molecule has 1 atom stereocenters. The van der Waals surface area contributed by atoms with E-state index in [4.69, 9.17) is 4.74 Å². The number of aliphatic hydroxyl groups is 1. The first kappa shape index (κ1) is 21.5. The molecule has 2 aliphatic rings. The Labute approximate surface area is 181 Å². The molecule has 164 valence electrons. The molecule has 2 aromatic rings. The van der Waals surface area contributed by atoms with Crippen LogP contribution in [0.4, 0.5) is 0 Å². The summed E-state index contributed by atoms with van der Waals surface area (Å²) in [5, 5.41) is 11.4. The quantitative estimate of drug-likeness (QED) is 0.653. The molecule has 1 aliphatic heterocycles. The molecule has 4 rings (SSSR count). The second-order valence-electron chi connectivity index (χ2n) is 8.11. The summed E-state index contributed by atoms with van der Waals surface area (Å²) in [6.45, 7) is -0.548. The zero-order chi connectivity index (χ0) is 22.1. The molecule has 2 fully saturated rings. The fourth-order valence-corrected chi connectivity index (χ4v) is 5.83. The molecule has 1 N–H and O–H groups in total. The predicted molar refractivity (Wildman–Crippen MR) is 114 cm³/mol. The van der Waals surface area contributed by atoms with Crippen LogP contribution in [-0.4, -0.2) is 60.5 Å². The van der Waals surface area contributed by atoms with Gasteiger partial charge in [0, 0.05) is 12.1 Å². The number of amides is 1. The van der Waals surface area contributed by atoms with Gasteiger partial charge in [-0.2, -0.15) is 0 Å². The minimum Gasteiger partial charge on any atom is -0.453 e. The van der Waals surface area contributed by atoms with Crippen molar-refractivity contribution >= 4 is 21.7 Å². The largest absolute Gasteiger partial charge is 0.453 e. The van der Waals surface area contributed by atoms with E-state index in [9.17, 15) is 23.1 Å². The highest BCUT2D eigenvalue weighted by molar-refractivity contribution is 7.91. The smallest absolute Gasteiger partial charge is 0.348 e. The minimum atomic E-state index is -3.15. The second kappa shape index (κ2) is 8.43. The standard InChI is InChI=1S/C23H25NO6S/c25-21(24(19-11-12-19)20-13-14-31(28,29)16-20)15-30-22(26)23(27,17-7-3-1-4-8-17)18-9-5-2-6-10-18/h1-10,19-20,27H,11-16H2/t20-/m0/s1. The van der Waals surface area contributed by atoms with Crippen molar-refractivity contribution in [3.8, 4) is 0 Å². The average Bonchev–Trinajstić information content (AvgIpc) is 3.55. The lowest BCUT2D eigenvalue weighted by Gasteiger charge is -2.30. The monoisotopic (exact) mass is 443 g/mol. The number of ether oxygens (including phenoxy) is 1. The Hall–Kier alpha value is -2.71. The highest BCUT2D eigenvalue weighted by Gasteiger charge is 2.44. The van der Waals surface area contributed by atoms with E-state index in [0.717, 1.165) is 12.8 Å². The van der Waals surface area contributed by atoms with E-state index in [-0.39, 0.29) is 23.6 Å². The van der Waals surface area contributed by atoms with Crippen molar-refractivity contribution in [1.82, 2.24) is 4.90 Å². The van der Waals surface area contributed by atoms with Crippen LogP contribution in [0.1, 0.15) is 30.4 Å². The average molecular weight is 444 g/mol. The van der Waals surface area contributed by atoms with Gasteiger partial charge in [0.05, 0.1) is 11.5 Å². The van der Waals surface area contributed by atoms with Gasteiger partial charge in [0.15, 0.2) is 16.4 Å². The van der Waals surface area contributed by atoms with Gasteiger partial charge in [0.1, 0.15) is 0 Å². The number of hydrogen-bond donors (Lipinski definition) is 1. The zero-order valence-corrected chi connectivity index (χ0v) is 17.8. The number of nitrogens with zero attached hydrogens (tertiary/aromatic N) is 1. The molecule has 1 amide bonds. The van der Waals surface area contributed by atoms with E-state index >= 15 is 0 Å². The lowest BCUT2D eigenvalue weighted by Crippen LogP contribution is -2.46. The third-order valence-corrected chi connectivity index (χ3v) is 7.59. The highest BCUT2D eigenvalue weighted by atomic mass is 32.2. The molecular weight excluding hydrogens is 418 g/mol. The highest BCUT2D eigenvalue weighted by Crippen LogP contribution is 2.33. The molecule has 0 radical (unpaired) electrons. The molecule has 1 heterocycles. The maximum Gasteiger partial charge on any atom is 0.348 e. The van der Waals surface area contributed by atoms with Crippen molar-refractivity contribution in [2.75, 3.05) is 18.1 Å². The molecule has 1 saturated carbocycles. The van der Waals surface area contributed by atoms with Gasteiger partial charge in [0.25, 0.3) is 5.91 Å². The first-order valence-electron chi connectivity index (χ1n) is 10.3. The molecule has 31 heavy (non-hydrogen) atoms. The fourth-order valence-electron chi connectivity index (χ4n) is 4.12. The van der Waals surface area contributed by atoms with Crippen molar-refractivity contribution < 1.29 is 27.9 Å². The van der Waals surface area contributed by atoms with Crippen LogP contribution in [0.3, 0.4) is 0 Å². The number of carbonyl (C=O) groups is 2. The number of hydrogen-bond acceptors (Lipinski definition) is 6. The summed E-state index contributed by atoms with van der Waals surface area (Å²) in [4.78, 5) is 27.5. The van der Waals surface area contributed by atoms with Gasteiger partial charge in [-0.05, 0) is 30.4 Å². The number of sulfone groups is 1. The van der Waals surface area contributed by atoms with Crippen LogP contribution in [0.5, 0.6) is 0 Å². The van der Waals surface area contributed by atoms with Crippen LogP contribution >= 0.6 is 0 Å². The van der Waals surface area contributed by atoms with E-state index in [2.05, 4.69) is 0 Å². The van der Waals surface area contributed by atoms with E-state index in [1.165, 1.54) is 0 Å². The number of benzene rings is 2. The van der Waals surface area contributed by atoms with Crippen molar-refractivity contribution in [2.45, 2.75) is 36.9 Å². The number of carbonyl (C=O) groups excluding carboxylic acids is 2. The first-order valence-corrected chi connectivity index (χ1v) is 12.2. The molecule has 1 saturated heterocycles. The van der Waals surface area contributed by atoms with Crippen LogP contribution in [0.15, 0.2) is 60.7 Å². The molecule has 0 bridgehead atoms. The fraction of sp³-hybridized carbons (Fsp3) is 0.391. The SMILES string of the molecule is O=C(COC(=O)C(O)(c1ccccc1)c1ccccc1)N(C1CC1)[C@H]1CCS(=O)(=O)C1. The van der Waals surface area contributed by atoms with E-state index in [1.807, 2.05) is 0 Å². The summed E-state index contributed by atoms with van der Waals surface area (Å²) < 4.78 is 29.1. The van der Waals surface area contributed by atoms with Crippen LogP contribution in [0.2, 0.25) is 0 Å². The number of rotatable bonds is 7. The maximum absolute atomic E-state index is 13.1. The molecule has 1 aliphatic carbocycles. The molecule has 0 unspecified atom stereocenters. The van der Waals surface area contributed by atoms with Crippen LogP contribution in [-0.2, 0) is 29.8 Å². The lowest BCUT2D eigenvalue weighted by atomic mass is 9.86. The van der Waals surface area contributed by atoms with Gasteiger partial charge in [0.2, 0.25) is 5.60 Å². The van der Waals surface area contributed by atoms with Crippen molar-refractivity contribution in [1.29, 1.82) is 0 Å². The third-order valence-electron chi connectivity index (χ3n) is 5.84. The summed E-state index contributed by atoms with van der Waals surface area (Å²) in [7, 11) is -3.15. The Kier molecular flexibility index (Phi) is 5.85. The Balaban J connectivity index is 1.52.